The van der Waals surface area contributed by atoms with Gasteiger partial charge in [-0.15, -0.1) is 0 Å². The highest BCUT2D eigenvalue weighted by Gasteiger charge is 2.27. The zero-order valence-corrected chi connectivity index (χ0v) is 12.4. The van der Waals surface area contributed by atoms with Crippen LogP contribution in [0.3, 0.4) is 0 Å². The van der Waals surface area contributed by atoms with Crippen LogP contribution in [0, 0.1) is 5.92 Å². The molecule has 5 heteroatoms. The van der Waals surface area contributed by atoms with Gasteiger partial charge in [0, 0.05) is 24.4 Å². The van der Waals surface area contributed by atoms with Crippen LogP contribution in [0.1, 0.15) is 28.8 Å². The fourth-order valence-electron chi connectivity index (χ4n) is 2.47. The van der Waals surface area contributed by atoms with Crippen molar-refractivity contribution >= 4 is 23.6 Å². The molecule has 0 saturated carbocycles. The van der Waals surface area contributed by atoms with Gasteiger partial charge in [0.2, 0.25) is 0 Å². The number of likely N-dealkylation sites (tertiary alicyclic amines) is 1. The van der Waals surface area contributed by atoms with Crippen molar-refractivity contribution < 1.29 is 14.7 Å². The third-order valence-electron chi connectivity index (χ3n) is 3.62. The zero-order valence-electron chi connectivity index (χ0n) is 11.5. The number of piperidine rings is 1. The third-order valence-corrected chi connectivity index (χ3v) is 4.24. The van der Waals surface area contributed by atoms with Crippen molar-refractivity contribution in [3.8, 4) is 0 Å². The quantitative estimate of drug-likeness (QED) is 0.926. The van der Waals surface area contributed by atoms with E-state index in [9.17, 15) is 9.59 Å². The number of carboxylic acid groups (broad SMARTS) is 1. The standard InChI is InChI=1S/C15H19NO3S/c1-20-10-11-3-2-4-13(9-11)14(17)16-7-5-12(6-8-16)15(18)19/h2-4,9,12H,5-8,10H2,1H3,(H,18,19). The number of aliphatic carboxylic acids is 1. The summed E-state index contributed by atoms with van der Waals surface area (Å²) in [7, 11) is 0. The first-order valence-electron chi connectivity index (χ1n) is 6.71. The average molecular weight is 293 g/mol. The maximum atomic E-state index is 12.4. The van der Waals surface area contributed by atoms with Crippen LogP contribution in [0.15, 0.2) is 24.3 Å². The maximum Gasteiger partial charge on any atom is 0.306 e. The number of carbonyl (C=O) groups is 2. The molecule has 0 aromatic heterocycles. The minimum absolute atomic E-state index is 0.0109. The van der Waals surface area contributed by atoms with Gasteiger partial charge in [-0.3, -0.25) is 9.59 Å². The van der Waals surface area contributed by atoms with Crippen LogP contribution >= 0.6 is 11.8 Å². The second-order valence-electron chi connectivity index (χ2n) is 5.04. The number of rotatable bonds is 4. The van der Waals surface area contributed by atoms with Gasteiger partial charge in [-0.25, -0.2) is 0 Å². The lowest BCUT2D eigenvalue weighted by Crippen LogP contribution is -2.40. The molecule has 1 saturated heterocycles. The van der Waals surface area contributed by atoms with E-state index < -0.39 is 5.97 Å². The van der Waals surface area contributed by atoms with E-state index in [4.69, 9.17) is 5.11 Å². The molecule has 0 spiro atoms. The van der Waals surface area contributed by atoms with Gasteiger partial charge in [0.05, 0.1) is 5.92 Å². The van der Waals surface area contributed by atoms with Gasteiger partial charge in [0.25, 0.3) is 5.91 Å². The van der Waals surface area contributed by atoms with Crippen molar-refractivity contribution in [2.75, 3.05) is 19.3 Å². The first kappa shape index (κ1) is 14.9. The smallest absolute Gasteiger partial charge is 0.306 e. The van der Waals surface area contributed by atoms with Gasteiger partial charge in [-0.1, -0.05) is 12.1 Å². The van der Waals surface area contributed by atoms with Crippen LogP contribution in [0.4, 0.5) is 0 Å². The van der Waals surface area contributed by atoms with Crippen LogP contribution in [-0.4, -0.2) is 41.2 Å². The first-order chi connectivity index (χ1) is 9.61. The first-order valence-corrected chi connectivity index (χ1v) is 8.11. The molecule has 0 bridgehead atoms. The Morgan fingerprint density at radius 3 is 2.65 bits per heavy atom. The lowest BCUT2D eigenvalue weighted by atomic mass is 9.96. The molecular formula is C15H19NO3S. The summed E-state index contributed by atoms with van der Waals surface area (Å²) in [6, 6.07) is 7.68. The SMILES string of the molecule is CSCc1cccc(C(=O)N2CCC(C(=O)O)CC2)c1. The normalized spacial score (nSPS) is 16.1. The second kappa shape index (κ2) is 6.79. The predicted octanol–water partition coefficient (Wildman–Crippen LogP) is 2.49. The van der Waals surface area contributed by atoms with Gasteiger partial charge in [0.1, 0.15) is 0 Å². The highest BCUT2D eigenvalue weighted by atomic mass is 32.2. The molecule has 4 nitrogen and oxygen atoms in total. The predicted molar refractivity (Wildman–Crippen MR) is 79.9 cm³/mol. The summed E-state index contributed by atoms with van der Waals surface area (Å²) in [6.45, 7) is 1.06. The van der Waals surface area contributed by atoms with Crippen LogP contribution in [0.2, 0.25) is 0 Å². The lowest BCUT2D eigenvalue weighted by molar-refractivity contribution is -0.143. The van der Waals surface area contributed by atoms with Crippen molar-refractivity contribution in [1.82, 2.24) is 4.90 Å². The third kappa shape index (κ3) is 3.54. The fourth-order valence-corrected chi connectivity index (χ4v) is 2.99. The molecule has 20 heavy (non-hydrogen) atoms. The van der Waals surface area contributed by atoms with Gasteiger partial charge >= 0.3 is 5.97 Å². The highest BCUT2D eigenvalue weighted by Crippen LogP contribution is 2.20. The monoisotopic (exact) mass is 293 g/mol. The molecule has 108 valence electrons. The highest BCUT2D eigenvalue weighted by molar-refractivity contribution is 7.97. The molecule has 1 aliphatic rings. The topological polar surface area (TPSA) is 57.6 Å². The Labute approximate surface area is 123 Å². The number of nitrogens with zero attached hydrogens (tertiary/aromatic N) is 1. The molecule has 1 aliphatic heterocycles. The largest absolute Gasteiger partial charge is 0.481 e. The number of hydrogen-bond donors (Lipinski definition) is 1. The summed E-state index contributed by atoms with van der Waals surface area (Å²) in [5.41, 5.74) is 1.84. The van der Waals surface area contributed by atoms with Crippen molar-refractivity contribution in [1.29, 1.82) is 0 Å². The molecule has 0 aliphatic carbocycles. The van der Waals surface area contributed by atoms with E-state index >= 15 is 0 Å². The number of carboxylic acids is 1. The zero-order chi connectivity index (χ0) is 14.5. The molecule has 1 heterocycles. The molecule has 1 aromatic carbocycles. The van der Waals surface area contributed by atoms with Gasteiger partial charge in [-0.2, -0.15) is 11.8 Å². The number of thioether (sulfide) groups is 1. The fraction of sp³-hybridized carbons (Fsp3) is 0.467. The molecule has 1 amide bonds. The van der Waals surface area contributed by atoms with Gasteiger partial charge in [0.15, 0.2) is 0 Å². The Hall–Kier alpha value is -1.49. The maximum absolute atomic E-state index is 12.4. The van der Waals surface area contributed by atoms with Gasteiger partial charge in [-0.05, 0) is 36.8 Å². The summed E-state index contributed by atoms with van der Waals surface area (Å²) < 4.78 is 0. The summed E-state index contributed by atoms with van der Waals surface area (Å²) >= 11 is 1.72. The van der Waals surface area contributed by atoms with E-state index in [1.807, 2.05) is 30.5 Å². The number of benzene rings is 1. The summed E-state index contributed by atoms with van der Waals surface area (Å²) in [5, 5.41) is 8.97. The summed E-state index contributed by atoms with van der Waals surface area (Å²) in [5.74, 6) is -0.153. The molecule has 1 fully saturated rings. The van der Waals surface area contributed by atoms with Crippen molar-refractivity contribution in [3.05, 3.63) is 35.4 Å². The molecule has 0 radical (unpaired) electrons. The molecule has 2 rings (SSSR count). The van der Waals surface area contributed by atoms with Gasteiger partial charge < -0.3 is 10.0 Å². The van der Waals surface area contributed by atoms with Crippen LogP contribution in [0.25, 0.3) is 0 Å². The summed E-state index contributed by atoms with van der Waals surface area (Å²) in [6.07, 6.45) is 3.13. The van der Waals surface area contributed by atoms with E-state index in [1.54, 1.807) is 16.7 Å². The molecule has 0 unspecified atom stereocenters. The Morgan fingerprint density at radius 1 is 1.35 bits per heavy atom. The minimum Gasteiger partial charge on any atom is -0.481 e. The van der Waals surface area contributed by atoms with Crippen LogP contribution in [-0.2, 0) is 10.5 Å². The van der Waals surface area contributed by atoms with E-state index in [2.05, 4.69) is 0 Å². The van der Waals surface area contributed by atoms with E-state index in [1.165, 1.54) is 0 Å². The minimum atomic E-state index is -0.751. The van der Waals surface area contributed by atoms with Crippen LogP contribution < -0.4 is 0 Å². The average Bonchev–Trinajstić information content (AvgIpc) is 2.47. The summed E-state index contributed by atoms with van der Waals surface area (Å²) in [4.78, 5) is 25.1. The Bertz CT molecular complexity index is 496. The van der Waals surface area contributed by atoms with Crippen molar-refractivity contribution in [2.24, 2.45) is 5.92 Å². The molecule has 1 N–H and O–H groups in total. The van der Waals surface area contributed by atoms with Crippen molar-refractivity contribution in [2.45, 2.75) is 18.6 Å². The Balaban J connectivity index is 2.01. The number of carbonyl (C=O) groups excluding carboxylic acids is 1. The Kier molecular flexibility index (Phi) is 5.06. The number of hydrogen-bond acceptors (Lipinski definition) is 3. The molecule has 0 atom stereocenters. The number of amides is 1. The lowest BCUT2D eigenvalue weighted by Gasteiger charge is -2.30. The van der Waals surface area contributed by atoms with Crippen LogP contribution in [0.5, 0.6) is 0 Å². The molecule has 1 aromatic rings. The molecular weight excluding hydrogens is 274 g/mol. The van der Waals surface area contributed by atoms with E-state index in [0.29, 0.717) is 31.5 Å². The second-order valence-corrected chi connectivity index (χ2v) is 5.90. The van der Waals surface area contributed by atoms with E-state index in [-0.39, 0.29) is 11.8 Å². The van der Waals surface area contributed by atoms with Crippen molar-refractivity contribution in [3.63, 3.8) is 0 Å². The Morgan fingerprint density at radius 2 is 2.05 bits per heavy atom. The van der Waals surface area contributed by atoms with E-state index in [0.717, 1.165) is 11.3 Å².